The molecule has 0 saturated carbocycles. The summed E-state index contributed by atoms with van der Waals surface area (Å²) >= 11 is 0. The first kappa shape index (κ1) is 9.58. The molecule has 4 heteroatoms. The third-order valence-electron chi connectivity index (χ3n) is 2.12. The van der Waals surface area contributed by atoms with E-state index in [0.29, 0.717) is 0 Å². The molecule has 0 aliphatic carbocycles. The van der Waals surface area contributed by atoms with Gasteiger partial charge >= 0.3 is 5.97 Å². The summed E-state index contributed by atoms with van der Waals surface area (Å²) < 4.78 is 6.13. The summed E-state index contributed by atoms with van der Waals surface area (Å²) in [6, 6.07) is 9.67. The van der Waals surface area contributed by atoms with Gasteiger partial charge in [-0.25, -0.2) is 4.79 Å². The van der Waals surface area contributed by atoms with Crippen LogP contribution in [0.15, 0.2) is 36.5 Å². The van der Waals surface area contributed by atoms with Crippen LogP contribution >= 0.6 is 0 Å². The predicted octanol–water partition coefficient (Wildman–Crippen LogP) is 0.695. The van der Waals surface area contributed by atoms with E-state index in [-0.39, 0.29) is 12.5 Å². The summed E-state index contributed by atoms with van der Waals surface area (Å²) in [6.07, 6.45) is 1.76. The van der Waals surface area contributed by atoms with E-state index in [9.17, 15) is 4.79 Å². The van der Waals surface area contributed by atoms with Gasteiger partial charge in [-0.05, 0) is 6.07 Å². The van der Waals surface area contributed by atoms with Gasteiger partial charge in [0.2, 0.25) is 0 Å². The number of benzene rings is 1. The standard InChI is InChI=1S/C11H11N2O2/c1-15-11(14)8-13-7-6-9-4-2-3-5-10(9)12-13/h2-7H,8H2,1H3/q+1. The van der Waals surface area contributed by atoms with Crippen molar-refractivity contribution >= 4 is 16.9 Å². The fourth-order valence-electron chi connectivity index (χ4n) is 1.34. The molecule has 0 aliphatic rings. The summed E-state index contributed by atoms with van der Waals surface area (Å²) in [7, 11) is 1.37. The molecule has 0 spiro atoms. The van der Waals surface area contributed by atoms with Crippen LogP contribution in [0.1, 0.15) is 0 Å². The number of hydrogen-bond donors (Lipinski definition) is 0. The smallest absolute Gasteiger partial charge is 0.374 e. The van der Waals surface area contributed by atoms with Gasteiger partial charge in [0.1, 0.15) is 5.52 Å². The highest BCUT2D eigenvalue weighted by Crippen LogP contribution is 2.06. The minimum Gasteiger partial charge on any atom is -0.464 e. The van der Waals surface area contributed by atoms with Crippen LogP contribution < -0.4 is 4.68 Å². The maximum atomic E-state index is 11.0. The highest BCUT2D eigenvalue weighted by atomic mass is 16.5. The molecule has 0 bridgehead atoms. The summed E-state index contributed by atoms with van der Waals surface area (Å²) in [4.78, 5) is 11.0. The molecule has 1 aromatic heterocycles. The largest absolute Gasteiger partial charge is 0.464 e. The number of nitrogens with zero attached hydrogens (tertiary/aromatic N) is 2. The van der Waals surface area contributed by atoms with Gasteiger partial charge in [0.05, 0.1) is 7.11 Å². The Morgan fingerprint density at radius 2 is 2.20 bits per heavy atom. The van der Waals surface area contributed by atoms with Gasteiger partial charge in [-0.15, -0.1) is 0 Å². The molecule has 0 saturated heterocycles. The normalized spacial score (nSPS) is 10.2. The summed E-state index contributed by atoms with van der Waals surface area (Å²) in [5.41, 5.74) is 0.865. The van der Waals surface area contributed by atoms with Gasteiger partial charge in [0, 0.05) is 16.6 Å². The zero-order valence-electron chi connectivity index (χ0n) is 8.38. The van der Waals surface area contributed by atoms with Gasteiger partial charge in [-0.1, -0.05) is 22.9 Å². The second-order valence-electron chi connectivity index (χ2n) is 3.15. The Hall–Kier alpha value is -1.97. The molecule has 0 unspecified atom stereocenters. The van der Waals surface area contributed by atoms with E-state index in [1.165, 1.54) is 7.11 Å². The van der Waals surface area contributed by atoms with Gasteiger partial charge in [-0.2, -0.15) is 0 Å². The van der Waals surface area contributed by atoms with Crippen molar-refractivity contribution in [2.24, 2.45) is 0 Å². The van der Waals surface area contributed by atoms with Crippen LogP contribution in [0.2, 0.25) is 0 Å². The second-order valence-corrected chi connectivity index (χ2v) is 3.15. The fourth-order valence-corrected chi connectivity index (χ4v) is 1.34. The number of methoxy groups -OCH3 is 1. The Morgan fingerprint density at radius 1 is 1.40 bits per heavy atom. The molecule has 4 nitrogen and oxygen atoms in total. The summed E-state index contributed by atoms with van der Waals surface area (Å²) in [5, 5.41) is 5.33. The topological polar surface area (TPSA) is 43.1 Å². The SMILES string of the molecule is COC(=O)C[n+]1ccc2ccccc2n1. The van der Waals surface area contributed by atoms with Crippen molar-refractivity contribution < 1.29 is 14.2 Å². The van der Waals surface area contributed by atoms with Gasteiger partial charge < -0.3 is 4.74 Å². The molecule has 1 aromatic carbocycles. The molecule has 15 heavy (non-hydrogen) atoms. The molecule has 0 aliphatic heterocycles. The molecular weight excluding hydrogens is 192 g/mol. The van der Waals surface area contributed by atoms with Crippen LogP contribution in [0.4, 0.5) is 0 Å². The minimum absolute atomic E-state index is 0.140. The third-order valence-corrected chi connectivity index (χ3v) is 2.12. The van der Waals surface area contributed by atoms with Crippen LogP contribution in [0.5, 0.6) is 0 Å². The van der Waals surface area contributed by atoms with E-state index in [1.807, 2.05) is 30.3 Å². The van der Waals surface area contributed by atoms with Crippen LogP contribution in [0, 0.1) is 0 Å². The zero-order valence-corrected chi connectivity index (χ0v) is 8.38. The zero-order chi connectivity index (χ0) is 10.7. The molecule has 0 radical (unpaired) electrons. The Balaban J connectivity index is 2.34. The molecule has 0 amide bonds. The van der Waals surface area contributed by atoms with Gasteiger partial charge in [-0.3, -0.25) is 0 Å². The highest BCUT2D eigenvalue weighted by molar-refractivity contribution is 5.76. The lowest BCUT2D eigenvalue weighted by Crippen LogP contribution is -2.41. The molecule has 0 fully saturated rings. The van der Waals surface area contributed by atoms with Crippen molar-refractivity contribution in [1.82, 2.24) is 5.10 Å². The highest BCUT2D eigenvalue weighted by Gasteiger charge is 2.11. The molecule has 2 aromatic rings. The summed E-state index contributed by atoms with van der Waals surface area (Å²) in [6.45, 7) is 0.140. The average Bonchev–Trinajstić information content (AvgIpc) is 2.29. The van der Waals surface area contributed by atoms with Crippen LogP contribution in [0.25, 0.3) is 10.9 Å². The first-order chi connectivity index (χ1) is 7.29. The van der Waals surface area contributed by atoms with E-state index in [1.54, 1.807) is 10.9 Å². The number of carbonyl (C=O) groups is 1. The van der Waals surface area contributed by atoms with E-state index >= 15 is 0 Å². The number of fused-ring (bicyclic) bond motifs is 1. The Morgan fingerprint density at radius 3 is 3.00 bits per heavy atom. The molecule has 0 atom stereocenters. The Labute approximate surface area is 87.1 Å². The maximum Gasteiger partial charge on any atom is 0.374 e. The van der Waals surface area contributed by atoms with E-state index in [2.05, 4.69) is 9.84 Å². The number of carbonyl (C=O) groups excluding carboxylic acids is 1. The lowest BCUT2D eigenvalue weighted by Gasteiger charge is -1.95. The number of esters is 1. The Kier molecular flexibility index (Phi) is 2.58. The lowest BCUT2D eigenvalue weighted by molar-refractivity contribution is -0.741. The van der Waals surface area contributed by atoms with Crippen LogP contribution in [-0.2, 0) is 16.1 Å². The van der Waals surface area contributed by atoms with Crippen molar-refractivity contribution in [2.45, 2.75) is 6.54 Å². The third kappa shape index (κ3) is 2.10. The Bertz CT molecular complexity index is 497. The van der Waals surface area contributed by atoms with Crippen LogP contribution in [0.3, 0.4) is 0 Å². The van der Waals surface area contributed by atoms with E-state index < -0.39 is 0 Å². The van der Waals surface area contributed by atoms with E-state index in [0.717, 1.165) is 10.9 Å². The fraction of sp³-hybridized carbons (Fsp3) is 0.182. The molecule has 2 rings (SSSR count). The van der Waals surface area contributed by atoms with Crippen molar-refractivity contribution in [2.75, 3.05) is 7.11 Å². The average molecular weight is 203 g/mol. The molecular formula is C11H11N2O2+. The monoisotopic (exact) mass is 203 g/mol. The van der Waals surface area contributed by atoms with Crippen molar-refractivity contribution in [3.8, 4) is 0 Å². The van der Waals surface area contributed by atoms with Gasteiger partial charge in [0.15, 0.2) is 6.20 Å². The number of aromatic nitrogens is 2. The van der Waals surface area contributed by atoms with Crippen molar-refractivity contribution in [3.05, 3.63) is 36.5 Å². The molecule has 1 heterocycles. The lowest BCUT2D eigenvalue weighted by atomic mass is 10.2. The minimum atomic E-state index is -0.303. The molecule has 76 valence electrons. The maximum absolute atomic E-state index is 11.0. The van der Waals surface area contributed by atoms with Crippen LogP contribution in [-0.4, -0.2) is 18.2 Å². The first-order valence-electron chi connectivity index (χ1n) is 4.62. The quantitative estimate of drug-likeness (QED) is 0.533. The predicted molar refractivity (Wildman–Crippen MR) is 54.0 cm³/mol. The first-order valence-corrected chi connectivity index (χ1v) is 4.62. The van der Waals surface area contributed by atoms with Gasteiger partial charge in [0.25, 0.3) is 6.54 Å². The summed E-state index contributed by atoms with van der Waals surface area (Å²) in [5.74, 6) is -0.303. The second kappa shape index (κ2) is 4.04. The van der Waals surface area contributed by atoms with E-state index in [4.69, 9.17) is 0 Å². The van der Waals surface area contributed by atoms with Crippen molar-refractivity contribution in [1.29, 1.82) is 0 Å². The number of ether oxygens (including phenoxy) is 1. The number of hydrogen-bond acceptors (Lipinski definition) is 3. The molecule has 0 N–H and O–H groups in total. The number of rotatable bonds is 2. The van der Waals surface area contributed by atoms with Crippen molar-refractivity contribution in [3.63, 3.8) is 0 Å².